The van der Waals surface area contributed by atoms with Crippen molar-refractivity contribution in [2.45, 2.75) is 38.3 Å². The summed E-state index contributed by atoms with van der Waals surface area (Å²) in [5, 5.41) is 7.48. The van der Waals surface area contributed by atoms with Gasteiger partial charge in [0, 0.05) is 17.1 Å². The van der Waals surface area contributed by atoms with Crippen molar-refractivity contribution in [2.24, 2.45) is 11.7 Å². The third-order valence-electron chi connectivity index (χ3n) is 6.03. The number of fused-ring (bicyclic) bond motifs is 2. The number of hydrogen-bond donors (Lipinski definition) is 3. The van der Waals surface area contributed by atoms with Gasteiger partial charge in [0.2, 0.25) is 5.91 Å². The summed E-state index contributed by atoms with van der Waals surface area (Å²) in [5.41, 5.74) is 9.45. The zero-order valence-electron chi connectivity index (χ0n) is 17.7. The van der Waals surface area contributed by atoms with E-state index in [1.165, 1.54) is 4.79 Å². The monoisotopic (exact) mass is 512 g/mol. The molecule has 1 aliphatic heterocycles. The molecule has 5 rings (SSSR count). The second kappa shape index (κ2) is 8.10. The van der Waals surface area contributed by atoms with Gasteiger partial charge in [-0.15, -0.1) is 5.10 Å². The standard InChI is InChI=1S/C21H21BrN8O3/c1-2-11-8-12-15(9-24-11)30(27-18(12)19(23)31)28-21(33)29-13-6-10(13)7-14(29)20(32)26-17-5-3-4-16(22)25-17/h3-5,8-10,13-14H,2,6-7H2,1H3,(H2,23,31)(H,28,33)(H,25,26,32)/t10-,13-,14+/m1/s1. The Morgan fingerprint density at radius 3 is 2.82 bits per heavy atom. The van der Waals surface area contributed by atoms with Crippen LogP contribution in [0.3, 0.4) is 0 Å². The average molecular weight is 513 g/mol. The highest BCUT2D eigenvalue weighted by Gasteiger charge is 2.56. The highest BCUT2D eigenvalue weighted by atomic mass is 79.9. The third kappa shape index (κ3) is 3.90. The third-order valence-corrected chi connectivity index (χ3v) is 6.47. The molecule has 3 aromatic rings. The molecule has 1 saturated carbocycles. The Morgan fingerprint density at radius 1 is 1.27 bits per heavy atom. The number of pyridine rings is 2. The number of hydrogen-bond acceptors (Lipinski definition) is 6. The maximum absolute atomic E-state index is 13.2. The van der Waals surface area contributed by atoms with Crippen molar-refractivity contribution in [1.29, 1.82) is 0 Å². The zero-order valence-corrected chi connectivity index (χ0v) is 19.2. The Morgan fingerprint density at radius 2 is 2.09 bits per heavy atom. The zero-order chi connectivity index (χ0) is 23.3. The number of aromatic nitrogens is 4. The second-order valence-corrected chi connectivity index (χ2v) is 8.96. The number of anilines is 1. The first-order valence-electron chi connectivity index (χ1n) is 10.6. The van der Waals surface area contributed by atoms with Crippen molar-refractivity contribution in [1.82, 2.24) is 24.8 Å². The number of urea groups is 1. The summed E-state index contributed by atoms with van der Waals surface area (Å²) in [5.74, 6) is -0.326. The van der Waals surface area contributed by atoms with E-state index in [-0.39, 0.29) is 23.6 Å². The number of carbonyl (C=O) groups excluding carboxylic acids is 3. The number of nitrogens with two attached hydrogens (primary N) is 1. The van der Waals surface area contributed by atoms with Crippen molar-refractivity contribution in [3.05, 3.63) is 46.5 Å². The van der Waals surface area contributed by atoms with E-state index in [9.17, 15) is 14.4 Å². The molecule has 0 bridgehead atoms. The Labute approximate surface area is 196 Å². The molecule has 1 saturated heterocycles. The van der Waals surface area contributed by atoms with Crippen LogP contribution in [-0.2, 0) is 11.2 Å². The lowest BCUT2D eigenvalue weighted by Crippen LogP contribution is -2.49. The molecule has 4 amide bonds. The molecule has 0 radical (unpaired) electrons. The summed E-state index contributed by atoms with van der Waals surface area (Å²) in [6.45, 7) is 1.94. The molecular weight excluding hydrogens is 492 g/mol. The van der Waals surface area contributed by atoms with E-state index in [1.807, 2.05) is 6.92 Å². The largest absolute Gasteiger partial charge is 0.364 e. The molecule has 0 unspecified atom stereocenters. The number of nitrogens with zero attached hydrogens (tertiary/aromatic N) is 5. The van der Waals surface area contributed by atoms with Crippen LogP contribution in [0.15, 0.2) is 35.1 Å². The van der Waals surface area contributed by atoms with Crippen molar-refractivity contribution in [3.8, 4) is 0 Å². The molecule has 3 aromatic heterocycles. The summed E-state index contributed by atoms with van der Waals surface area (Å²) >= 11 is 3.28. The molecule has 33 heavy (non-hydrogen) atoms. The molecule has 2 aliphatic rings. The van der Waals surface area contributed by atoms with E-state index in [1.54, 1.807) is 35.4 Å². The number of rotatable bonds is 5. The van der Waals surface area contributed by atoms with Crippen molar-refractivity contribution >= 4 is 50.5 Å². The first kappa shape index (κ1) is 21.3. The number of aryl methyl sites for hydroxylation is 1. The minimum Gasteiger partial charge on any atom is -0.364 e. The smallest absolute Gasteiger partial charge is 0.338 e. The fourth-order valence-electron chi connectivity index (χ4n) is 4.34. The van der Waals surface area contributed by atoms with E-state index in [0.717, 1.165) is 12.1 Å². The summed E-state index contributed by atoms with van der Waals surface area (Å²) in [6.07, 6.45) is 3.64. The normalized spacial score (nSPS) is 21.0. The maximum Gasteiger partial charge on any atom is 0.338 e. The van der Waals surface area contributed by atoms with E-state index in [0.29, 0.717) is 34.2 Å². The quantitative estimate of drug-likeness (QED) is 0.445. The summed E-state index contributed by atoms with van der Waals surface area (Å²) in [7, 11) is 0. The fraction of sp³-hybridized carbons (Fsp3) is 0.333. The van der Waals surface area contributed by atoms with Crippen molar-refractivity contribution in [3.63, 3.8) is 0 Å². The van der Waals surface area contributed by atoms with Gasteiger partial charge < -0.3 is 16.0 Å². The van der Waals surface area contributed by atoms with Gasteiger partial charge in [-0.3, -0.25) is 14.6 Å². The number of amides is 4. The van der Waals surface area contributed by atoms with E-state index < -0.39 is 18.0 Å². The van der Waals surface area contributed by atoms with Crippen molar-refractivity contribution < 1.29 is 14.4 Å². The molecule has 4 N–H and O–H groups in total. The molecular formula is C21H21BrN8O3. The Bertz CT molecular complexity index is 1290. The van der Waals surface area contributed by atoms with E-state index in [2.05, 4.69) is 41.7 Å². The predicted octanol–water partition coefficient (Wildman–Crippen LogP) is 2.02. The van der Waals surface area contributed by atoms with E-state index >= 15 is 0 Å². The van der Waals surface area contributed by atoms with Crippen LogP contribution in [0.4, 0.5) is 10.6 Å². The summed E-state index contributed by atoms with van der Waals surface area (Å²) in [4.78, 5) is 49.4. The first-order chi connectivity index (χ1) is 15.9. The minimum atomic E-state index is -0.705. The average Bonchev–Trinajstić information content (AvgIpc) is 3.29. The van der Waals surface area contributed by atoms with Gasteiger partial charge in [-0.25, -0.2) is 15.2 Å². The van der Waals surface area contributed by atoms with Gasteiger partial charge in [0.15, 0.2) is 5.69 Å². The molecule has 11 nitrogen and oxygen atoms in total. The molecule has 3 atom stereocenters. The number of carbonyl (C=O) groups is 3. The van der Waals surface area contributed by atoms with Gasteiger partial charge in [-0.2, -0.15) is 4.79 Å². The summed E-state index contributed by atoms with van der Waals surface area (Å²) < 4.78 is 0.597. The minimum absolute atomic E-state index is 0.0153. The molecule has 4 heterocycles. The van der Waals surface area contributed by atoms with Crippen LogP contribution in [0.2, 0.25) is 0 Å². The van der Waals surface area contributed by atoms with Crippen LogP contribution in [0.25, 0.3) is 10.9 Å². The molecule has 1 aliphatic carbocycles. The fourth-order valence-corrected chi connectivity index (χ4v) is 4.68. The predicted molar refractivity (Wildman–Crippen MR) is 123 cm³/mol. The first-order valence-corrected chi connectivity index (χ1v) is 11.3. The SMILES string of the molecule is CCc1cc2c(C(N)=O)nn(NC(=O)N3[C@@H]4C[C@@H]4C[C@H]3C(=O)Nc3cccc(Br)n3)c2cn1. The highest BCUT2D eigenvalue weighted by Crippen LogP contribution is 2.48. The van der Waals surface area contributed by atoms with Gasteiger partial charge in [-0.05, 0) is 59.3 Å². The van der Waals surface area contributed by atoms with Gasteiger partial charge in [0.25, 0.3) is 5.91 Å². The van der Waals surface area contributed by atoms with Crippen LogP contribution in [0.1, 0.15) is 35.9 Å². The topological polar surface area (TPSA) is 148 Å². The van der Waals surface area contributed by atoms with Gasteiger partial charge >= 0.3 is 6.03 Å². The lowest BCUT2D eigenvalue weighted by molar-refractivity contribution is -0.120. The number of piperidine rings is 1. The maximum atomic E-state index is 13.2. The van der Waals surface area contributed by atoms with E-state index in [4.69, 9.17) is 5.73 Å². The number of primary amides is 1. The number of halogens is 1. The van der Waals surface area contributed by atoms with Crippen LogP contribution < -0.4 is 16.5 Å². The molecule has 0 spiro atoms. The van der Waals surface area contributed by atoms with Gasteiger partial charge in [0.1, 0.15) is 22.0 Å². The molecule has 2 fully saturated rings. The van der Waals surface area contributed by atoms with Gasteiger partial charge in [0.05, 0.1) is 6.20 Å². The summed E-state index contributed by atoms with van der Waals surface area (Å²) in [6, 6.07) is 5.80. The second-order valence-electron chi connectivity index (χ2n) is 8.14. The number of nitrogens with one attached hydrogen (secondary N) is 2. The van der Waals surface area contributed by atoms with Crippen LogP contribution in [0, 0.1) is 5.92 Å². The van der Waals surface area contributed by atoms with Gasteiger partial charge in [-0.1, -0.05) is 13.0 Å². The Hall–Kier alpha value is -3.54. The van der Waals surface area contributed by atoms with Crippen LogP contribution >= 0.6 is 15.9 Å². The Balaban J connectivity index is 1.39. The lowest BCUT2D eigenvalue weighted by atomic mass is 10.1. The molecule has 170 valence electrons. The number of likely N-dealkylation sites (tertiary alicyclic amines) is 1. The highest BCUT2D eigenvalue weighted by molar-refractivity contribution is 9.10. The van der Waals surface area contributed by atoms with Crippen molar-refractivity contribution in [2.75, 3.05) is 10.7 Å². The molecule has 12 heteroatoms. The Kier molecular flexibility index (Phi) is 5.23. The molecule has 0 aromatic carbocycles. The lowest BCUT2D eigenvalue weighted by Gasteiger charge is -2.26. The van der Waals surface area contributed by atoms with Crippen LogP contribution in [0.5, 0.6) is 0 Å². The van der Waals surface area contributed by atoms with Crippen LogP contribution in [-0.4, -0.2) is 54.7 Å².